The Morgan fingerprint density at radius 3 is 2.85 bits per heavy atom. The van der Waals surface area contributed by atoms with Gasteiger partial charge in [0.05, 0.1) is 5.39 Å². The topological polar surface area (TPSA) is 63.1 Å². The number of nitrogens with one attached hydrogen (secondary N) is 1. The highest BCUT2D eigenvalue weighted by atomic mass is 16.4. The summed E-state index contributed by atoms with van der Waals surface area (Å²) in [4.78, 5) is 24.2. The first-order valence-corrected chi connectivity index (χ1v) is 3.81. The van der Waals surface area contributed by atoms with Gasteiger partial charge >= 0.3 is 5.76 Å². The van der Waals surface area contributed by atoms with Crippen LogP contribution in [0.25, 0.3) is 11.0 Å². The standard InChI is InChI=1S/C9H7NO3/c1-5-3-2-4-6-7(5)8(11)10-9(12)13-6/h2-4H,1H3,(H,10,11,12). The molecule has 0 spiro atoms. The molecule has 0 unspecified atom stereocenters. The Morgan fingerprint density at radius 2 is 2.08 bits per heavy atom. The van der Waals surface area contributed by atoms with Gasteiger partial charge in [-0.2, -0.15) is 0 Å². The van der Waals surface area contributed by atoms with Crippen molar-refractivity contribution in [3.8, 4) is 0 Å². The van der Waals surface area contributed by atoms with Crippen molar-refractivity contribution in [1.82, 2.24) is 4.98 Å². The van der Waals surface area contributed by atoms with Crippen LogP contribution in [0, 0.1) is 6.92 Å². The summed E-state index contributed by atoms with van der Waals surface area (Å²) in [6, 6.07) is 5.12. The summed E-state index contributed by atoms with van der Waals surface area (Å²) in [5.74, 6) is -0.719. The minimum absolute atomic E-state index is 0.328. The van der Waals surface area contributed by atoms with Crippen molar-refractivity contribution in [1.29, 1.82) is 0 Å². The lowest BCUT2D eigenvalue weighted by molar-refractivity contribution is 0.528. The van der Waals surface area contributed by atoms with E-state index in [1.165, 1.54) is 0 Å². The van der Waals surface area contributed by atoms with Gasteiger partial charge in [-0.25, -0.2) is 4.79 Å². The van der Waals surface area contributed by atoms with Crippen LogP contribution in [-0.4, -0.2) is 4.98 Å². The van der Waals surface area contributed by atoms with Crippen molar-refractivity contribution in [2.24, 2.45) is 0 Å². The molecule has 2 aromatic rings. The Hall–Kier alpha value is -1.84. The van der Waals surface area contributed by atoms with Crippen LogP contribution in [0.15, 0.2) is 32.2 Å². The van der Waals surface area contributed by atoms with Gasteiger partial charge in [0.25, 0.3) is 5.56 Å². The van der Waals surface area contributed by atoms with Crippen LogP contribution in [0.2, 0.25) is 0 Å². The molecular weight excluding hydrogens is 170 g/mol. The van der Waals surface area contributed by atoms with Gasteiger partial charge in [-0.3, -0.25) is 9.78 Å². The second-order valence-electron chi connectivity index (χ2n) is 2.79. The van der Waals surface area contributed by atoms with E-state index in [0.717, 1.165) is 5.56 Å². The monoisotopic (exact) mass is 177 g/mol. The van der Waals surface area contributed by atoms with Crippen LogP contribution in [0.4, 0.5) is 0 Å². The molecule has 0 radical (unpaired) electrons. The molecule has 0 saturated heterocycles. The minimum atomic E-state index is -0.719. The predicted molar refractivity (Wildman–Crippen MR) is 47.8 cm³/mol. The number of aromatic amines is 1. The summed E-state index contributed by atoms with van der Waals surface area (Å²) >= 11 is 0. The molecule has 0 aliphatic carbocycles. The van der Waals surface area contributed by atoms with Crippen LogP contribution >= 0.6 is 0 Å². The molecule has 0 atom stereocenters. The zero-order chi connectivity index (χ0) is 9.42. The highest BCUT2D eigenvalue weighted by Gasteiger charge is 2.03. The average Bonchev–Trinajstić information content (AvgIpc) is 2.02. The molecule has 1 aromatic heterocycles. The van der Waals surface area contributed by atoms with Crippen LogP contribution in [0.5, 0.6) is 0 Å². The Labute approximate surface area is 72.8 Å². The van der Waals surface area contributed by atoms with Gasteiger partial charge < -0.3 is 4.42 Å². The zero-order valence-electron chi connectivity index (χ0n) is 6.96. The molecule has 1 N–H and O–H groups in total. The van der Waals surface area contributed by atoms with E-state index in [0.29, 0.717) is 11.0 Å². The Kier molecular flexibility index (Phi) is 1.55. The third-order valence-corrected chi connectivity index (χ3v) is 1.88. The lowest BCUT2D eigenvalue weighted by Crippen LogP contribution is -2.18. The Morgan fingerprint density at radius 1 is 1.31 bits per heavy atom. The molecule has 13 heavy (non-hydrogen) atoms. The smallest absolute Gasteiger partial charge is 0.409 e. The van der Waals surface area contributed by atoms with Crippen molar-refractivity contribution < 1.29 is 4.42 Å². The van der Waals surface area contributed by atoms with Gasteiger partial charge in [0.15, 0.2) is 0 Å². The molecule has 1 aromatic carbocycles. The molecule has 2 rings (SSSR count). The van der Waals surface area contributed by atoms with Crippen molar-refractivity contribution >= 4 is 11.0 Å². The Balaban J connectivity index is 3.12. The maximum absolute atomic E-state index is 11.3. The number of benzene rings is 1. The average molecular weight is 177 g/mol. The van der Waals surface area contributed by atoms with Crippen LogP contribution in [-0.2, 0) is 0 Å². The van der Waals surface area contributed by atoms with E-state index in [1.807, 2.05) is 0 Å². The lowest BCUT2D eigenvalue weighted by Gasteiger charge is -1.96. The molecule has 0 bridgehead atoms. The quantitative estimate of drug-likeness (QED) is 0.647. The fraction of sp³-hybridized carbons (Fsp3) is 0.111. The molecule has 66 valence electrons. The normalized spacial score (nSPS) is 10.5. The lowest BCUT2D eigenvalue weighted by atomic mass is 10.1. The molecule has 0 aliphatic rings. The minimum Gasteiger partial charge on any atom is -0.409 e. The third kappa shape index (κ3) is 1.16. The summed E-state index contributed by atoms with van der Waals surface area (Å²) in [5, 5.41) is 0.433. The number of rotatable bonds is 0. The van der Waals surface area contributed by atoms with Crippen molar-refractivity contribution in [2.75, 3.05) is 0 Å². The predicted octanol–water partition coefficient (Wildman–Crippen LogP) is 0.790. The Bertz CT molecular complexity index is 565. The van der Waals surface area contributed by atoms with Gasteiger partial charge in [-0.1, -0.05) is 12.1 Å². The maximum atomic E-state index is 11.3. The molecule has 0 saturated carbocycles. The number of H-pyrrole nitrogens is 1. The second-order valence-corrected chi connectivity index (χ2v) is 2.79. The fourth-order valence-corrected chi connectivity index (χ4v) is 1.30. The van der Waals surface area contributed by atoms with E-state index in [-0.39, 0.29) is 0 Å². The summed E-state index contributed by atoms with van der Waals surface area (Å²) < 4.78 is 4.81. The van der Waals surface area contributed by atoms with Gasteiger partial charge in [-0.15, -0.1) is 0 Å². The number of hydrogen-bond acceptors (Lipinski definition) is 3. The highest BCUT2D eigenvalue weighted by Crippen LogP contribution is 2.10. The summed E-state index contributed by atoms with van der Waals surface area (Å²) in [5.41, 5.74) is 0.723. The van der Waals surface area contributed by atoms with E-state index >= 15 is 0 Å². The fourth-order valence-electron chi connectivity index (χ4n) is 1.30. The molecule has 0 amide bonds. The number of fused-ring (bicyclic) bond motifs is 1. The number of aryl methyl sites for hydroxylation is 1. The summed E-state index contributed by atoms with van der Waals surface area (Å²) in [6.07, 6.45) is 0. The van der Waals surface area contributed by atoms with E-state index in [1.54, 1.807) is 25.1 Å². The molecule has 0 aliphatic heterocycles. The zero-order valence-corrected chi connectivity index (χ0v) is 6.96. The maximum Gasteiger partial charge on any atom is 0.419 e. The number of hydrogen-bond donors (Lipinski definition) is 1. The second kappa shape index (κ2) is 2.58. The van der Waals surface area contributed by atoms with Gasteiger partial charge in [-0.05, 0) is 18.6 Å². The highest BCUT2D eigenvalue weighted by molar-refractivity contribution is 5.78. The van der Waals surface area contributed by atoms with Gasteiger partial charge in [0, 0.05) is 0 Å². The van der Waals surface area contributed by atoms with Crippen molar-refractivity contribution in [3.05, 3.63) is 44.7 Å². The third-order valence-electron chi connectivity index (χ3n) is 1.88. The van der Waals surface area contributed by atoms with E-state index in [2.05, 4.69) is 4.98 Å². The first-order valence-electron chi connectivity index (χ1n) is 3.81. The van der Waals surface area contributed by atoms with E-state index in [9.17, 15) is 9.59 Å². The first-order chi connectivity index (χ1) is 6.18. The molecule has 4 nitrogen and oxygen atoms in total. The number of aromatic nitrogens is 1. The van der Waals surface area contributed by atoms with E-state index < -0.39 is 11.3 Å². The first kappa shape index (κ1) is 7.79. The van der Waals surface area contributed by atoms with Crippen LogP contribution in [0.3, 0.4) is 0 Å². The largest absolute Gasteiger partial charge is 0.419 e. The molecular formula is C9H7NO3. The van der Waals surface area contributed by atoms with E-state index in [4.69, 9.17) is 4.42 Å². The van der Waals surface area contributed by atoms with Crippen LogP contribution in [0.1, 0.15) is 5.56 Å². The molecule has 0 fully saturated rings. The molecule has 1 heterocycles. The van der Waals surface area contributed by atoms with Crippen molar-refractivity contribution in [2.45, 2.75) is 6.92 Å². The van der Waals surface area contributed by atoms with Gasteiger partial charge in [0.1, 0.15) is 5.58 Å². The van der Waals surface area contributed by atoms with Crippen molar-refractivity contribution in [3.63, 3.8) is 0 Å². The SMILES string of the molecule is Cc1cccc2oc(=O)[nH]c(=O)c12. The molecule has 4 heteroatoms. The summed E-state index contributed by atoms with van der Waals surface area (Å²) in [6.45, 7) is 1.79. The van der Waals surface area contributed by atoms with Gasteiger partial charge in [0.2, 0.25) is 0 Å². The van der Waals surface area contributed by atoms with Crippen LogP contribution < -0.4 is 11.3 Å². The summed E-state index contributed by atoms with van der Waals surface area (Å²) in [7, 11) is 0.